The third-order valence-corrected chi connectivity index (χ3v) is 11.5. The van der Waals surface area contributed by atoms with E-state index >= 15 is 0 Å². The molecule has 10 rings (SSSR count). The molecule has 4 heterocycles. The average molecular weight is 550 g/mol. The van der Waals surface area contributed by atoms with Crippen LogP contribution in [0.5, 0.6) is 5.75 Å². The van der Waals surface area contributed by atoms with Crippen LogP contribution in [0.25, 0.3) is 37.4 Å². The Balaban J connectivity index is 1.32. The predicted molar refractivity (Wildman–Crippen MR) is 169 cm³/mol. The molecule has 0 amide bonds. The van der Waals surface area contributed by atoms with Crippen LogP contribution in [-0.4, -0.2) is 12.1 Å². The monoisotopic (exact) mass is 549 g/mol. The van der Waals surface area contributed by atoms with Gasteiger partial charge in [0.25, 0.3) is 0 Å². The number of thiophene rings is 2. The van der Waals surface area contributed by atoms with Crippen molar-refractivity contribution in [2.24, 2.45) is 0 Å². The Bertz CT molecular complexity index is 2230. The van der Waals surface area contributed by atoms with E-state index in [9.17, 15) is 0 Å². The van der Waals surface area contributed by atoms with Crippen LogP contribution >= 0.6 is 22.7 Å². The lowest BCUT2D eigenvalue weighted by Crippen LogP contribution is -2.48. The fourth-order valence-corrected chi connectivity index (χ4v) is 9.92. The first-order valence-corrected chi connectivity index (χ1v) is 15.6. The number of hydrogen-bond donors (Lipinski definition) is 0. The Hall–Kier alpha value is -4.12. The number of aryl methyl sites for hydroxylation is 1. The maximum absolute atomic E-state index is 6.92. The van der Waals surface area contributed by atoms with Gasteiger partial charge >= 0.3 is 0 Å². The number of rotatable bonds is 1. The van der Waals surface area contributed by atoms with E-state index in [4.69, 9.17) is 4.74 Å². The summed E-state index contributed by atoms with van der Waals surface area (Å²) in [5.41, 5.74) is 9.22. The van der Waals surface area contributed by atoms with E-state index in [-0.39, 0.29) is 12.1 Å². The van der Waals surface area contributed by atoms with E-state index in [1.807, 2.05) is 22.7 Å². The minimum Gasteiger partial charge on any atom is -0.482 e. The summed E-state index contributed by atoms with van der Waals surface area (Å²) in [5.74, 6) is 0.996. The van der Waals surface area contributed by atoms with Gasteiger partial charge in [0.2, 0.25) is 0 Å². The van der Waals surface area contributed by atoms with Gasteiger partial charge in [-0.25, -0.2) is 0 Å². The lowest BCUT2D eigenvalue weighted by atomic mass is 9.86. The molecule has 4 aliphatic rings. The quantitative estimate of drug-likeness (QED) is 0.208. The number of anilines is 2. The fraction of sp³-hybridized carbons (Fsp3) is 0.111. The van der Waals surface area contributed by atoms with E-state index in [1.54, 1.807) is 0 Å². The van der Waals surface area contributed by atoms with Crippen LogP contribution in [0.4, 0.5) is 11.4 Å². The first-order valence-electron chi connectivity index (χ1n) is 14.0. The van der Waals surface area contributed by atoms with Gasteiger partial charge in [-0.2, -0.15) is 0 Å². The van der Waals surface area contributed by atoms with Crippen molar-refractivity contribution in [2.45, 2.75) is 25.0 Å². The largest absolute Gasteiger partial charge is 0.482 e. The molecule has 0 bridgehead atoms. The lowest BCUT2D eigenvalue weighted by molar-refractivity contribution is 0.263. The van der Waals surface area contributed by atoms with Crippen LogP contribution in [0.2, 0.25) is 0 Å². The molecule has 2 aliphatic heterocycles. The molecular weight excluding hydrogens is 527 g/mol. The standard InChI is InChI=1S/C36H23NOS2/c1-5-13-26-22(10-1)31-32-24-12-4-8-16-29(24)40-36(32)33-23-11-2-6-14-27(23)38-35(33)34(31)37(26)20-17-18-30-25(19-20)21-9-3-7-15-28(21)39-30/h1-6,8-14,16-19,34-35H,7,15H2. The van der Waals surface area contributed by atoms with Crippen LogP contribution < -0.4 is 19.4 Å². The highest BCUT2D eigenvalue weighted by Gasteiger charge is 2.49. The van der Waals surface area contributed by atoms with Crippen molar-refractivity contribution in [3.05, 3.63) is 128 Å². The van der Waals surface area contributed by atoms with Gasteiger partial charge in [-0.3, -0.25) is 0 Å². The average Bonchev–Trinajstić information content (AvgIpc) is 3.75. The summed E-state index contributed by atoms with van der Waals surface area (Å²) in [4.78, 5) is 4.09. The number of fused-ring (bicyclic) bond motifs is 13. The Morgan fingerprint density at radius 2 is 1.57 bits per heavy atom. The van der Waals surface area contributed by atoms with Crippen molar-refractivity contribution < 1.29 is 4.74 Å². The molecule has 6 aromatic rings. The molecule has 190 valence electrons. The van der Waals surface area contributed by atoms with Gasteiger partial charge in [0.1, 0.15) is 11.8 Å². The van der Waals surface area contributed by atoms with E-state index in [1.165, 1.54) is 74.0 Å². The molecule has 0 saturated carbocycles. The molecule has 2 nitrogen and oxygen atoms in total. The summed E-state index contributed by atoms with van der Waals surface area (Å²) >= 11 is 3.87. The van der Waals surface area contributed by atoms with Gasteiger partial charge in [0.15, 0.2) is 6.10 Å². The summed E-state index contributed by atoms with van der Waals surface area (Å²) < 4.78 is 11.0. The Labute approximate surface area is 239 Å². The molecular formula is C36H23NOS2. The maximum atomic E-state index is 6.92. The molecule has 0 fully saturated rings. The molecule has 0 spiro atoms. The number of para-hydroxylation sites is 2. The SMILES string of the molecule is C1=Cc2c(sc3ccc(N4c5ccccc5C5=c6c(sc7ccccc67)=C6c7ccccc7OC6C54)cc23)CC1. The Morgan fingerprint density at radius 3 is 2.55 bits per heavy atom. The van der Waals surface area contributed by atoms with E-state index < -0.39 is 0 Å². The molecule has 2 atom stereocenters. The first-order chi connectivity index (χ1) is 19.8. The topological polar surface area (TPSA) is 12.5 Å². The van der Waals surface area contributed by atoms with E-state index in [0.717, 1.165) is 18.6 Å². The first kappa shape index (κ1) is 21.7. The minimum absolute atomic E-state index is 0.0489. The maximum Gasteiger partial charge on any atom is 0.151 e. The summed E-state index contributed by atoms with van der Waals surface area (Å²) in [6, 6.07) is 33.7. The third-order valence-electron chi connectivity index (χ3n) is 9.03. The van der Waals surface area contributed by atoms with E-state index in [2.05, 4.69) is 108 Å². The second-order valence-electron chi connectivity index (χ2n) is 11.1. The summed E-state index contributed by atoms with van der Waals surface area (Å²) in [5, 5.41) is 4.11. The molecule has 0 saturated heterocycles. The summed E-state index contributed by atoms with van der Waals surface area (Å²) in [6.45, 7) is 0. The van der Waals surface area contributed by atoms with Gasteiger partial charge in [-0.15, -0.1) is 22.7 Å². The molecule has 40 heavy (non-hydrogen) atoms. The van der Waals surface area contributed by atoms with Crippen molar-refractivity contribution in [3.63, 3.8) is 0 Å². The molecule has 2 aliphatic carbocycles. The minimum atomic E-state index is -0.0765. The number of benzene rings is 4. The van der Waals surface area contributed by atoms with Gasteiger partial charge in [0.05, 0.1) is 0 Å². The fourth-order valence-electron chi connectivity index (χ4n) is 7.43. The van der Waals surface area contributed by atoms with Crippen molar-refractivity contribution in [1.29, 1.82) is 0 Å². The van der Waals surface area contributed by atoms with Crippen molar-refractivity contribution in [1.82, 2.24) is 0 Å². The van der Waals surface area contributed by atoms with Crippen LogP contribution in [0.1, 0.15) is 28.0 Å². The number of nitrogens with zero attached hydrogens (tertiary/aromatic N) is 1. The molecule has 4 aromatic carbocycles. The predicted octanol–water partition coefficient (Wildman–Crippen LogP) is 7.77. The van der Waals surface area contributed by atoms with Crippen molar-refractivity contribution in [3.8, 4) is 5.75 Å². The van der Waals surface area contributed by atoms with Gasteiger partial charge < -0.3 is 9.64 Å². The van der Waals surface area contributed by atoms with Crippen LogP contribution in [-0.2, 0) is 6.42 Å². The highest BCUT2D eigenvalue weighted by molar-refractivity contribution is 7.19. The Kier molecular flexibility index (Phi) is 4.20. The molecule has 0 radical (unpaired) electrons. The smallest absolute Gasteiger partial charge is 0.151 e. The van der Waals surface area contributed by atoms with Crippen LogP contribution in [0.15, 0.2) is 97.1 Å². The molecule has 2 unspecified atom stereocenters. The zero-order valence-corrected chi connectivity index (χ0v) is 23.2. The highest BCUT2D eigenvalue weighted by Crippen LogP contribution is 2.52. The second kappa shape index (κ2) is 7.75. The highest BCUT2D eigenvalue weighted by atomic mass is 32.1. The summed E-state index contributed by atoms with van der Waals surface area (Å²) in [7, 11) is 0. The van der Waals surface area contributed by atoms with Crippen molar-refractivity contribution >= 4 is 71.4 Å². The normalized spacial score (nSPS) is 19.8. The van der Waals surface area contributed by atoms with Crippen LogP contribution in [0.3, 0.4) is 0 Å². The number of allylic oxidation sites excluding steroid dienone is 1. The molecule has 4 heteroatoms. The van der Waals surface area contributed by atoms with E-state index in [0.29, 0.717) is 0 Å². The molecule has 2 aromatic heterocycles. The second-order valence-corrected chi connectivity index (χ2v) is 13.2. The Morgan fingerprint density at radius 1 is 0.750 bits per heavy atom. The number of hydrogen-bond acceptors (Lipinski definition) is 4. The number of ether oxygens (including phenoxy) is 1. The van der Waals surface area contributed by atoms with Gasteiger partial charge in [-0.05, 0) is 60.4 Å². The lowest BCUT2D eigenvalue weighted by Gasteiger charge is -2.34. The van der Waals surface area contributed by atoms with Gasteiger partial charge in [0, 0.05) is 62.9 Å². The van der Waals surface area contributed by atoms with Gasteiger partial charge in [-0.1, -0.05) is 66.7 Å². The third kappa shape index (κ3) is 2.68. The zero-order chi connectivity index (χ0) is 25.9. The zero-order valence-electron chi connectivity index (χ0n) is 21.6. The molecule has 0 N–H and O–H groups in total. The van der Waals surface area contributed by atoms with Crippen LogP contribution in [0, 0.1) is 0 Å². The summed E-state index contributed by atoms with van der Waals surface area (Å²) in [6.07, 6.45) is 6.87. The van der Waals surface area contributed by atoms with Crippen molar-refractivity contribution in [2.75, 3.05) is 4.90 Å².